The van der Waals surface area contributed by atoms with Gasteiger partial charge in [-0.1, -0.05) is 18.2 Å². The van der Waals surface area contributed by atoms with Crippen molar-refractivity contribution in [3.8, 4) is 0 Å². The van der Waals surface area contributed by atoms with E-state index in [2.05, 4.69) is 103 Å². The lowest BCUT2D eigenvalue weighted by Gasteiger charge is -2.14. The molecule has 7 heterocycles. The average molecular weight is 660 g/mol. The molecule has 9 rings (SSSR count). The highest BCUT2D eigenvalue weighted by Gasteiger charge is 2.17. The monoisotopic (exact) mass is 658 g/mol. The van der Waals surface area contributed by atoms with Gasteiger partial charge in [0.2, 0.25) is 0 Å². The molecule has 2 aromatic carbocycles. The summed E-state index contributed by atoms with van der Waals surface area (Å²) in [6.45, 7) is 2.95. The lowest BCUT2D eigenvalue weighted by Crippen LogP contribution is -2.04. The Labute approximate surface area is 266 Å². The minimum atomic E-state index is 0.655. The molecule has 3 aliphatic heterocycles. The van der Waals surface area contributed by atoms with Crippen molar-refractivity contribution < 1.29 is 4.74 Å². The van der Waals surface area contributed by atoms with Crippen LogP contribution in [0.1, 0.15) is 34.2 Å². The maximum Gasteiger partial charge on any atom is 0.144 e. The molecule has 0 fully saturated rings. The summed E-state index contributed by atoms with van der Waals surface area (Å²) < 4.78 is 6.38. The molecule has 222 valence electrons. The summed E-state index contributed by atoms with van der Waals surface area (Å²) in [5.74, 6) is 1.58. The van der Waals surface area contributed by atoms with E-state index in [9.17, 15) is 0 Å². The highest BCUT2D eigenvalue weighted by molar-refractivity contribution is 9.10. The fourth-order valence-corrected chi connectivity index (χ4v) is 6.22. The number of ether oxygens (including phenoxy) is 1. The lowest BCUT2D eigenvalue weighted by atomic mass is 10.0. The SMILES string of the molecule is Brc1c[nH]c2ncnc(Nc3ccc4c(c3)C=NC4)c12.C1=NCc2ccc(Nc3ncnc4[nH]cc(C5=CCOCC5)c34)cc21. The molecule has 0 saturated carbocycles. The Morgan fingerprint density at radius 1 is 0.733 bits per heavy atom. The van der Waals surface area contributed by atoms with E-state index in [0.29, 0.717) is 6.61 Å². The van der Waals surface area contributed by atoms with Gasteiger partial charge in [0.25, 0.3) is 0 Å². The summed E-state index contributed by atoms with van der Waals surface area (Å²) in [6.07, 6.45) is 13.9. The van der Waals surface area contributed by atoms with Crippen molar-refractivity contribution in [3.63, 3.8) is 0 Å². The molecule has 3 aliphatic rings. The van der Waals surface area contributed by atoms with Crippen LogP contribution in [0.15, 0.2) is 82.0 Å². The number of hydrogen-bond acceptors (Lipinski definition) is 9. The van der Waals surface area contributed by atoms with E-state index in [0.717, 1.165) is 92.4 Å². The molecule has 4 aromatic heterocycles. The zero-order chi connectivity index (χ0) is 30.2. The molecule has 0 aliphatic carbocycles. The summed E-state index contributed by atoms with van der Waals surface area (Å²) >= 11 is 3.51. The van der Waals surface area contributed by atoms with Gasteiger partial charge in [-0.3, -0.25) is 9.98 Å². The average Bonchev–Trinajstić information content (AvgIpc) is 3.89. The second-order valence-electron chi connectivity index (χ2n) is 10.8. The zero-order valence-corrected chi connectivity index (χ0v) is 25.6. The number of H-pyrrole nitrogens is 2. The molecular formula is C33H27BrN10O. The fraction of sp³-hybridized carbons (Fsp3) is 0.152. The third-order valence-corrected chi connectivity index (χ3v) is 8.63. The van der Waals surface area contributed by atoms with Crippen molar-refractivity contribution in [1.82, 2.24) is 29.9 Å². The highest BCUT2D eigenvalue weighted by Crippen LogP contribution is 2.34. The predicted molar refractivity (Wildman–Crippen MR) is 181 cm³/mol. The number of nitrogens with zero attached hydrogens (tertiary/aromatic N) is 6. The van der Waals surface area contributed by atoms with Crippen LogP contribution in [-0.4, -0.2) is 55.5 Å². The smallest absolute Gasteiger partial charge is 0.144 e. The second kappa shape index (κ2) is 11.7. The number of rotatable bonds is 5. The first-order valence-corrected chi connectivity index (χ1v) is 15.4. The standard InChI is InChI=1S/C19H17N5O.C14H10BrN5/c1-2-15(7-14-9-20-8-13(1)14)24-19-17-16(12-3-5-25-6-4-12)10-21-18(17)22-11-23-19;15-11-6-17-13-12(11)14(19-7-18-13)20-10-2-1-8-4-16-5-9(8)3-10/h1-3,7,9-11H,4-6,8H2,(H2,21,22,23,24);1-3,5-7H,4H2,(H2,17,18,19,20). The molecule has 11 nitrogen and oxygen atoms in total. The topological polar surface area (TPSA) is 141 Å². The Balaban J connectivity index is 0.000000137. The van der Waals surface area contributed by atoms with Crippen LogP contribution in [0.4, 0.5) is 23.0 Å². The number of aliphatic imine (C=N–C) groups is 2. The van der Waals surface area contributed by atoms with E-state index in [1.54, 1.807) is 12.7 Å². The Morgan fingerprint density at radius 3 is 2.00 bits per heavy atom. The summed E-state index contributed by atoms with van der Waals surface area (Å²) in [5, 5.41) is 8.76. The van der Waals surface area contributed by atoms with Crippen molar-refractivity contribution >= 4 is 79.0 Å². The zero-order valence-electron chi connectivity index (χ0n) is 24.0. The molecule has 0 amide bonds. The van der Waals surface area contributed by atoms with Gasteiger partial charge in [0.15, 0.2) is 0 Å². The van der Waals surface area contributed by atoms with Crippen LogP contribution in [0, 0.1) is 0 Å². The highest BCUT2D eigenvalue weighted by atomic mass is 79.9. The molecule has 12 heteroatoms. The number of nitrogens with one attached hydrogen (secondary N) is 4. The predicted octanol–water partition coefficient (Wildman–Crippen LogP) is 6.83. The number of halogens is 1. The number of fused-ring (bicyclic) bond motifs is 4. The summed E-state index contributed by atoms with van der Waals surface area (Å²) in [6, 6.07) is 12.5. The van der Waals surface area contributed by atoms with Gasteiger partial charge in [-0.2, -0.15) is 0 Å². The van der Waals surface area contributed by atoms with Crippen LogP contribution in [0.2, 0.25) is 0 Å². The largest absolute Gasteiger partial charge is 0.377 e. The van der Waals surface area contributed by atoms with Crippen LogP contribution in [0.5, 0.6) is 0 Å². The quantitative estimate of drug-likeness (QED) is 0.159. The van der Waals surface area contributed by atoms with Gasteiger partial charge in [0.05, 0.1) is 37.1 Å². The fourth-order valence-electron chi connectivity index (χ4n) is 5.73. The van der Waals surface area contributed by atoms with E-state index < -0.39 is 0 Å². The van der Waals surface area contributed by atoms with Crippen LogP contribution >= 0.6 is 15.9 Å². The normalized spacial score (nSPS) is 14.6. The maximum atomic E-state index is 5.43. The molecule has 4 N–H and O–H groups in total. The van der Waals surface area contributed by atoms with Crippen LogP contribution < -0.4 is 10.6 Å². The second-order valence-corrected chi connectivity index (χ2v) is 11.7. The molecule has 45 heavy (non-hydrogen) atoms. The van der Waals surface area contributed by atoms with Gasteiger partial charge in [0.1, 0.15) is 35.6 Å². The van der Waals surface area contributed by atoms with Crippen LogP contribution in [0.25, 0.3) is 27.6 Å². The lowest BCUT2D eigenvalue weighted by molar-refractivity contribution is 0.161. The molecule has 0 saturated heterocycles. The van der Waals surface area contributed by atoms with E-state index in [-0.39, 0.29) is 0 Å². The summed E-state index contributed by atoms with van der Waals surface area (Å²) in [5.41, 5.74) is 10.9. The number of aromatic nitrogens is 6. The third-order valence-electron chi connectivity index (χ3n) is 8.00. The number of hydrogen-bond donors (Lipinski definition) is 4. The Kier molecular flexibility index (Phi) is 7.12. The molecule has 0 radical (unpaired) electrons. The van der Waals surface area contributed by atoms with E-state index in [1.165, 1.54) is 16.7 Å². The van der Waals surface area contributed by atoms with Gasteiger partial charge < -0.3 is 25.3 Å². The van der Waals surface area contributed by atoms with Crippen molar-refractivity contribution in [1.29, 1.82) is 0 Å². The Hall–Kier alpha value is -5.20. The van der Waals surface area contributed by atoms with Crippen molar-refractivity contribution in [2.75, 3.05) is 23.8 Å². The Morgan fingerprint density at radius 2 is 1.36 bits per heavy atom. The van der Waals surface area contributed by atoms with Gasteiger partial charge in [-0.25, -0.2) is 19.9 Å². The number of anilines is 4. The molecular weight excluding hydrogens is 632 g/mol. The Bertz CT molecular complexity index is 2160. The number of aromatic amines is 2. The minimum absolute atomic E-state index is 0.655. The van der Waals surface area contributed by atoms with Crippen molar-refractivity contribution in [2.45, 2.75) is 19.5 Å². The molecule has 0 bridgehead atoms. The van der Waals surface area contributed by atoms with Gasteiger partial charge in [0, 0.05) is 46.2 Å². The van der Waals surface area contributed by atoms with E-state index >= 15 is 0 Å². The van der Waals surface area contributed by atoms with Crippen molar-refractivity contribution in [2.24, 2.45) is 9.98 Å². The van der Waals surface area contributed by atoms with E-state index in [1.807, 2.05) is 30.9 Å². The summed E-state index contributed by atoms with van der Waals surface area (Å²) in [7, 11) is 0. The van der Waals surface area contributed by atoms with Crippen LogP contribution in [-0.2, 0) is 17.8 Å². The first-order chi connectivity index (χ1) is 22.2. The maximum absolute atomic E-state index is 5.43. The molecule has 0 unspecified atom stereocenters. The molecule has 6 aromatic rings. The van der Waals surface area contributed by atoms with E-state index in [4.69, 9.17) is 4.74 Å². The third kappa shape index (κ3) is 5.38. The van der Waals surface area contributed by atoms with Gasteiger partial charge in [-0.15, -0.1) is 0 Å². The summed E-state index contributed by atoms with van der Waals surface area (Å²) in [4.78, 5) is 32.3. The molecule has 0 atom stereocenters. The van der Waals surface area contributed by atoms with Gasteiger partial charge in [-0.05, 0) is 74.4 Å². The molecule has 0 spiro atoms. The van der Waals surface area contributed by atoms with Gasteiger partial charge >= 0.3 is 0 Å². The first-order valence-electron chi connectivity index (χ1n) is 14.6. The number of benzene rings is 2. The first kappa shape index (κ1) is 27.4. The van der Waals surface area contributed by atoms with Crippen molar-refractivity contribution in [3.05, 3.63) is 99.8 Å². The minimum Gasteiger partial charge on any atom is -0.377 e. The van der Waals surface area contributed by atoms with Crippen LogP contribution in [0.3, 0.4) is 0 Å².